The normalized spacial score (nSPS) is 12.9. The van der Waals surface area contributed by atoms with Crippen molar-refractivity contribution < 1.29 is 5.11 Å². The Morgan fingerprint density at radius 1 is 1.23 bits per heavy atom. The summed E-state index contributed by atoms with van der Waals surface area (Å²) in [4.78, 5) is 9.60. The Hall–Kier alpha value is -2.44. The van der Waals surface area contributed by atoms with Gasteiger partial charge in [0, 0.05) is 35.1 Å². The van der Waals surface area contributed by atoms with E-state index in [1.54, 1.807) is 17.5 Å². The van der Waals surface area contributed by atoms with Crippen LogP contribution < -0.4 is 10.6 Å². The minimum absolute atomic E-state index is 0.328. The molecular weight excluding hydrogens is 344 g/mol. The first kappa shape index (κ1) is 18.4. The van der Waals surface area contributed by atoms with Crippen molar-refractivity contribution in [1.82, 2.24) is 15.6 Å². The molecule has 3 rings (SSSR count). The smallest absolute Gasteiger partial charge is 0.191 e. The van der Waals surface area contributed by atoms with Crippen LogP contribution in [0.15, 0.2) is 59.9 Å². The maximum atomic E-state index is 10.5. The number of benzene rings is 1. The SMILES string of the molecule is CCNC(=NCC(O)c1cc2ccccc2s1)NCCc1cccnc1. The lowest BCUT2D eigenvalue weighted by Crippen LogP contribution is -2.38. The molecule has 0 fully saturated rings. The number of aliphatic hydroxyl groups is 1. The first-order chi connectivity index (χ1) is 12.8. The average Bonchev–Trinajstić information content (AvgIpc) is 3.11. The fourth-order valence-electron chi connectivity index (χ4n) is 2.65. The first-order valence-corrected chi connectivity index (χ1v) is 9.65. The number of aromatic nitrogens is 1. The Morgan fingerprint density at radius 2 is 2.12 bits per heavy atom. The molecule has 0 saturated heterocycles. The molecule has 5 nitrogen and oxygen atoms in total. The Bertz CT molecular complexity index is 814. The number of pyridine rings is 1. The molecule has 3 N–H and O–H groups in total. The molecule has 0 bridgehead atoms. The molecule has 1 unspecified atom stereocenters. The molecule has 0 amide bonds. The first-order valence-electron chi connectivity index (χ1n) is 8.84. The zero-order chi connectivity index (χ0) is 18.2. The molecule has 136 valence electrons. The van der Waals surface area contributed by atoms with Crippen LogP contribution in [0.5, 0.6) is 0 Å². The minimum atomic E-state index is -0.596. The summed E-state index contributed by atoms with van der Waals surface area (Å²) in [7, 11) is 0. The van der Waals surface area contributed by atoms with Gasteiger partial charge >= 0.3 is 0 Å². The number of thiophene rings is 1. The summed E-state index contributed by atoms with van der Waals surface area (Å²) >= 11 is 1.62. The summed E-state index contributed by atoms with van der Waals surface area (Å²) in [5.41, 5.74) is 1.18. The largest absolute Gasteiger partial charge is 0.386 e. The monoisotopic (exact) mass is 368 g/mol. The number of rotatable bonds is 7. The van der Waals surface area contributed by atoms with Gasteiger partial charge in [-0.25, -0.2) is 0 Å². The van der Waals surface area contributed by atoms with Crippen LogP contribution in [0.1, 0.15) is 23.5 Å². The van der Waals surface area contributed by atoms with E-state index in [1.165, 1.54) is 10.3 Å². The summed E-state index contributed by atoms with van der Waals surface area (Å²) in [5, 5.41) is 18.2. The number of hydrogen-bond acceptors (Lipinski definition) is 4. The predicted molar refractivity (Wildman–Crippen MR) is 109 cm³/mol. The number of nitrogens with zero attached hydrogens (tertiary/aromatic N) is 2. The van der Waals surface area contributed by atoms with E-state index in [0.717, 1.165) is 35.7 Å². The molecule has 6 heteroatoms. The third-order valence-corrected chi connectivity index (χ3v) is 5.19. The van der Waals surface area contributed by atoms with E-state index >= 15 is 0 Å². The quantitative estimate of drug-likeness (QED) is 0.443. The average molecular weight is 369 g/mol. The molecular formula is C20H24N4OS. The number of guanidine groups is 1. The van der Waals surface area contributed by atoms with Gasteiger partial charge in [-0.05, 0) is 42.5 Å². The van der Waals surface area contributed by atoms with Gasteiger partial charge in [0.2, 0.25) is 0 Å². The van der Waals surface area contributed by atoms with Crippen molar-refractivity contribution in [2.24, 2.45) is 4.99 Å². The summed E-state index contributed by atoms with van der Waals surface area (Å²) in [6.45, 7) is 3.89. The van der Waals surface area contributed by atoms with Crippen molar-refractivity contribution in [2.45, 2.75) is 19.4 Å². The standard InChI is InChI=1S/C20H24N4OS/c1-2-22-20(23-11-9-15-6-5-10-21-13-15)24-14-17(25)19-12-16-7-3-4-8-18(16)26-19/h3-8,10,12-13,17,25H,2,9,11,14H2,1H3,(H2,22,23,24). The van der Waals surface area contributed by atoms with E-state index in [9.17, 15) is 5.11 Å². The molecule has 2 heterocycles. The molecule has 0 aliphatic rings. The van der Waals surface area contributed by atoms with Crippen molar-refractivity contribution in [1.29, 1.82) is 0 Å². The second-order valence-electron chi connectivity index (χ2n) is 5.96. The summed E-state index contributed by atoms with van der Waals surface area (Å²) in [6, 6.07) is 14.2. The highest BCUT2D eigenvalue weighted by molar-refractivity contribution is 7.19. The molecule has 3 aromatic rings. The van der Waals surface area contributed by atoms with Crippen LogP contribution in [0.25, 0.3) is 10.1 Å². The zero-order valence-electron chi connectivity index (χ0n) is 14.9. The molecule has 2 aromatic heterocycles. The highest BCUT2D eigenvalue weighted by Gasteiger charge is 2.11. The fraction of sp³-hybridized carbons (Fsp3) is 0.300. The maximum Gasteiger partial charge on any atom is 0.191 e. The van der Waals surface area contributed by atoms with Crippen LogP contribution in [0.2, 0.25) is 0 Å². The maximum absolute atomic E-state index is 10.5. The lowest BCUT2D eigenvalue weighted by Gasteiger charge is -2.12. The van der Waals surface area contributed by atoms with Crippen molar-refractivity contribution in [3.05, 3.63) is 65.3 Å². The number of nitrogens with one attached hydrogen (secondary N) is 2. The third kappa shape index (κ3) is 5.03. The van der Waals surface area contributed by atoms with E-state index in [0.29, 0.717) is 6.54 Å². The highest BCUT2D eigenvalue weighted by Crippen LogP contribution is 2.29. The fourth-order valence-corrected chi connectivity index (χ4v) is 3.69. The predicted octanol–water partition coefficient (Wildman–Crippen LogP) is 3.13. The summed E-state index contributed by atoms with van der Waals surface area (Å²) in [5.74, 6) is 0.719. The number of hydrogen-bond donors (Lipinski definition) is 3. The molecule has 26 heavy (non-hydrogen) atoms. The summed E-state index contributed by atoms with van der Waals surface area (Å²) < 4.78 is 1.19. The van der Waals surface area contributed by atoms with Crippen molar-refractivity contribution in [2.75, 3.05) is 19.6 Å². The van der Waals surface area contributed by atoms with Gasteiger partial charge in [-0.2, -0.15) is 0 Å². The van der Waals surface area contributed by atoms with E-state index in [1.807, 2.05) is 37.4 Å². The third-order valence-electron chi connectivity index (χ3n) is 3.97. The Morgan fingerprint density at radius 3 is 2.88 bits per heavy atom. The van der Waals surface area contributed by atoms with E-state index in [-0.39, 0.29) is 0 Å². The molecule has 1 atom stereocenters. The van der Waals surface area contributed by atoms with E-state index < -0.39 is 6.10 Å². The van der Waals surface area contributed by atoms with Crippen molar-refractivity contribution in [3.63, 3.8) is 0 Å². The van der Waals surface area contributed by atoms with Gasteiger partial charge in [0.15, 0.2) is 5.96 Å². The van der Waals surface area contributed by atoms with Crippen LogP contribution in [0.4, 0.5) is 0 Å². The van der Waals surface area contributed by atoms with Gasteiger partial charge in [-0.1, -0.05) is 24.3 Å². The molecule has 0 aliphatic heterocycles. The summed E-state index contributed by atoms with van der Waals surface area (Å²) in [6.07, 6.45) is 3.92. The molecule has 1 aromatic carbocycles. The van der Waals surface area contributed by atoms with Crippen LogP contribution >= 0.6 is 11.3 Å². The van der Waals surface area contributed by atoms with E-state index in [4.69, 9.17) is 0 Å². The van der Waals surface area contributed by atoms with Gasteiger partial charge in [0.25, 0.3) is 0 Å². The Kier molecular flexibility index (Phi) is 6.57. The van der Waals surface area contributed by atoms with Gasteiger partial charge in [-0.3, -0.25) is 9.98 Å². The van der Waals surface area contributed by atoms with Gasteiger partial charge in [0.05, 0.1) is 6.54 Å². The highest BCUT2D eigenvalue weighted by atomic mass is 32.1. The van der Waals surface area contributed by atoms with Crippen LogP contribution in [0.3, 0.4) is 0 Å². The van der Waals surface area contributed by atoms with Crippen LogP contribution in [-0.4, -0.2) is 35.7 Å². The second kappa shape index (κ2) is 9.31. The van der Waals surface area contributed by atoms with Gasteiger partial charge in [-0.15, -0.1) is 11.3 Å². The molecule has 0 aliphatic carbocycles. The molecule has 0 spiro atoms. The van der Waals surface area contributed by atoms with Gasteiger partial charge < -0.3 is 15.7 Å². The minimum Gasteiger partial charge on any atom is -0.386 e. The van der Waals surface area contributed by atoms with Gasteiger partial charge in [0.1, 0.15) is 6.10 Å². The van der Waals surface area contributed by atoms with Crippen molar-refractivity contribution >= 4 is 27.4 Å². The Labute approximate surface area is 157 Å². The topological polar surface area (TPSA) is 69.5 Å². The lowest BCUT2D eigenvalue weighted by atomic mass is 10.2. The van der Waals surface area contributed by atoms with Crippen molar-refractivity contribution in [3.8, 4) is 0 Å². The number of aliphatic imine (C=N–C) groups is 1. The molecule has 0 saturated carbocycles. The lowest BCUT2D eigenvalue weighted by molar-refractivity contribution is 0.191. The number of fused-ring (bicyclic) bond motifs is 1. The van der Waals surface area contributed by atoms with Crippen LogP contribution in [0, 0.1) is 0 Å². The Balaban J connectivity index is 1.57. The van der Waals surface area contributed by atoms with E-state index in [2.05, 4.69) is 38.8 Å². The number of aliphatic hydroxyl groups excluding tert-OH is 1. The van der Waals surface area contributed by atoms with Crippen LogP contribution in [-0.2, 0) is 6.42 Å². The zero-order valence-corrected chi connectivity index (χ0v) is 15.7. The molecule has 0 radical (unpaired) electrons. The second-order valence-corrected chi connectivity index (χ2v) is 7.08.